The molecule has 0 radical (unpaired) electrons. The Balaban J connectivity index is 0.968. The Hall–Kier alpha value is -9.61. The van der Waals surface area contributed by atoms with Gasteiger partial charge in [0.2, 0.25) is 0 Å². The molecule has 0 aromatic heterocycles. The first-order valence-electron chi connectivity index (χ1n) is 24.3. The number of hydrogen-bond acceptors (Lipinski definition) is 23. The number of carbonyl (C=O) groups is 1. The SMILES string of the molecule is COc1cc(N=Nc2cc(OC)c(NC(=O)Nc3cc(C)c(N=Nc4cc(OC)c(/N=N/c5ccc6cc(S(=O)(=O)O)cc(S(=O)(=O)O)c6c5)cc4OC)cc3OC)cc2C)c(OC)cc1N=Nc1ccc2cc(S(=O)(=O)O)cc(S(=O)(=O)O)c2c1. The summed E-state index contributed by atoms with van der Waals surface area (Å²) in [7, 11) is -11.3. The number of carbonyl (C=O) groups excluding carboxylic acids is 1. The van der Waals surface area contributed by atoms with Crippen molar-refractivity contribution in [1.82, 2.24) is 0 Å². The van der Waals surface area contributed by atoms with E-state index in [1.807, 2.05) is 0 Å². The number of benzene rings is 8. The fourth-order valence-electron chi connectivity index (χ4n) is 8.28. The molecule has 33 heteroatoms. The summed E-state index contributed by atoms with van der Waals surface area (Å²) in [5, 5.41) is 39.8. The summed E-state index contributed by atoms with van der Waals surface area (Å²) in [5.41, 5.74) is 3.18. The summed E-state index contributed by atoms with van der Waals surface area (Å²) in [5.74, 6) is 1.11. The van der Waals surface area contributed by atoms with Crippen molar-refractivity contribution in [2.24, 2.45) is 40.9 Å². The fourth-order valence-corrected chi connectivity index (χ4v) is 11.0. The molecule has 0 spiro atoms. The Bertz CT molecular complexity index is 4390. The zero-order valence-corrected chi connectivity index (χ0v) is 49.3. The number of nitrogens with zero attached hydrogens (tertiary/aromatic N) is 8. The van der Waals surface area contributed by atoms with Crippen LogP contribution in [0.15, 0.2) is 170 Å². The molecule has 0 heterocycles. The Labute approximate surface area is 490 Å². The maximum absolute atomic E-state index is 13.6. The number of nitrogens with one attached hydrogen (secondary N) is 2. The molecule has 0 aliphatic rings. The Morgan fingerprint density at radius 3 is 0.942 bits per heavy atom. The van der Waals surface area contributed by atoms with Gasteiger partial charge < -0.3 is 39.1 Å². The van der Waals surface area contributed by atoms with Crippen LogP contribution in [0.3, 0.4) is 0 Å². The van der Waals surface area contributed by atoms with Crippen LogP contribution in [-0.2, 0) is 40.5 Å². The maximum atomic E-state index is 13.6. The summed E-state index contributed by atoms with van der Waals surface area (Å²) in [6.45, 7) is 3.45. The molecule has 0 saturated heterocycles. The van der Waals surface area contributed by atoms with Gasteiger partial charge in [0, 0.05) is 47.2 Å². The second-order valence-electron chi connectivity index (χ2n) is 18.0. The van der Waals surface area contributed by atoms with Crippen molar-refractivity contribution in [2.45, 2.75) is 33.4 Å². The zero-order valence-electron chi connectivity index (χ0n) is 46.0. The van der Waals surface area contributed by atoms with Gasteiger partial charge in [-0.15, -0.1) is 20.5 Å². The second-order valence-corrected chi connectivity index (χ2v) is 23.6. The topological polar surface area (TPSA) is 413 Å². The van der Waals surface area contributed by atoms with Crippen LogP contribution in [0.4, 0.5) is 61.7 Å². The number of anilines is 2. The van der Waals surface area contributed by atoms with Crippen molar-refractivity contribution in [3.05, 3.63) is 120 Å². The number of amides is 2. The van der Waals surface area contributed by atoms with Gasteiger partial charge in [0.25, 0.3) is 40.5 Å². The predicted molar refractivity (Wildman–Crippen MR) is 311 cm³/mol. The van der Waals surface area contributed by atoms with E-state index in [-0.39, 0.29) is 102 Å². The smallest absolute Gasteiger partial charge is 0.323 e. The van der Waals surface area contributed by atoms with E-state index in [1.54, 1.807) is 38.1 Å². The molecule has 0 unspecified atom stereocenters. The number of urea groups is 1. The second kappa shape index (κ2) is 24.9. The summed E-state index contributed by atoms with van der Waals surface area (Å²) in [4.78, 5) is 10.5. The van der Waals surface area contributed by atoms with Crippen molar-refractivity contribution in [2.75, 3.05) is 53.3 Å². The first kappa shape index (κ1) is 62.4. The van der Waals surface area contributed by atoms with Crippen molar-refractivity contribution in [3.8, 4) is 34.5 Å². The van der Waals surface area contributed by atoms with E-state index in [1.165, 1.54) is 103 Å². The van der Waals surface area contributed by atoms with E-state index in [9.17, 15) is 56.7 Å². The van der Waals surface area contributed by atoms with Gasteiger partial charge in [0.05, 0.1) is 86.6 Å². The van der Waals surface area contributed by atoms with Crippen LogP contribution in [0, 0.1) is 13.8 Å². The molecule has 0 atom stereocenters. The van der Waals surface area contributed by atoms with E-state index < -0.39 is 66.1 Å². The highest BCUT2D eigenvalue weighted by atomic mass is 32.2. The summed E-state index contributed by atoms with van der Waals surface area (Å²) in [6.07, 6.45) is 0. The number of ether oxygens (including phenoxy) is 6. The number of fused-ring (bicyclic) bond motifs is 2. The largest absolute Gasteiger partial charge is 0.494 e. The third-order valence-corrected chi connectivity index (χ3v) is 15.9. The minimum Gasteiger partial charge on any atom is -0.494 e. The van der Waals surface area contributed by atoms with E-state index in [0.29, 0.717) is 34.6 Å². The minimum absolute atomic E-state index is 0.0578. The first-order valence-corrected chi connectivity index (χ1v) is 30.0. The first-order chi connectivity index (χ1) is 40.5. The number of methoxy groups -OCH3 is 6. The summed E-state index contributed by atoms with van der Waals surface area (Å²) >= 11 is 0. The van der Waals surface area contributed by atoms with Crippen LogP contribution in [0.5, 0.6) is 34.5 Å². The van der Waals surface area contributed by atoms with Gasteiger partial charge in [-0.25, -0.2) is 4.79 Å². The maximum Gasteiger partial charge on any atom is 0.323 e. The van der Waals surface area contributed by atoms with Crippen LogP contribution in [0.2, 0.25) is 0 Å². The lowest BCUT2D eigenvalue weighted by atomic mass is 10.1. The third kappa shape index (κ3) is 14.1. The third-order valence-electron chi connectivity index (χ3n) is 12.5. The molecule has 8 aromatic carbocycles. The number of hydrogen-bond donors (Lipinski definition) is 6. The molecule has 8 aromatic rings. The molecule has 0 bridgehead atoms. The van der Waals surface area contributed by atoms with Crippen molar-refractivity contribution >= 4 is 125 Å². The molecule has 0 saturated carbocycles. The van der Waals surface area contributed by atoms with Crippen LogP contribution < -0.4 is 39.1 Å². The molecule has 0 aliphatic carbocycles. The van der Waals surface area contributed by atoms with E-state index in [2.05, 4.69) is 51.5 Å². The lowest BCUT2D eigenvalue weighted by Crippen LogP contribution is -2.20. The lowest BCUT2D eigenvalue weighted by molar-refractivity contribution is 0.262. The molecule has 0 fully saturated rings. The van der Waals surface area contributed by atoms with Gasteiger partial charge in [-0.1, -0.05) is 12.1 Å². The highest BCUT2D eigenvalue weighted by molar-refractivity contribution is 7.87. The average molecular weight is 1260 g/mol. The number of rotatable bonds is 20. The molecule has 6 N–H and O–H groups in total. The molecular formula is C53H48N10O19S4. The highest BCUT2D eigenvalue weighted by Crippen LogP contribution is 2.45. The van der Waals surface area contributed by atoms with Crippen LogP contribution in [0.25, 0.3) is 21.5 Å². The molecule has 448 valence electrons. The predicted octanol–water partition coefficient (Wildman–Crippen LogP) is 13.0. The monoisotopic (exact) mass is 1260 g/mol. The summed E-state index contributed by atoms with van der Waals surface area (Å²) < 4.78 is 168. The standard InChI is InChI=1S/C53H48N10O19S4/c1-27-13-39(45(77-3)21-37(27)58-62-43-25-47(79-5)41(23-49(43)81-7)60-56-31-11-9-29-15-33(83(65,66)67)19-51(35(29)17-31)85(71,72)73)54-53(64)55-40-14-28(2)38(22-46(40)78-4)59-63-44-26-48(80-6)42(24-50(44)82-8)61-57-32-12-10-30-16-34(84(68,69)70)20-52(36(30)18-32)86(74,75)76/h9-26H,1-8H3,(H2,54,55,64)(H,65,66,67)(H,68,69,70)(H,71,72,73)(H,74,75,76)/b60-56+,61-57?,62-58?,63-59?. The van der Waals surface area contributed by atoms with Crippen LogP contribution in [0.1, 0.15) is 11.1 Å². The quantitative estimate of drug-likeness (QED) is 0.0305. The van der Waals surface area contributed by atoms with Crippen molar-refractivity contribution in [3.63, 3.8) is 0 Å². The van der Waals surface area contributed by atoms with Gasteiger partial charge in [-0.05, 0) is 96.4 Å². The van der Waals surface area contributed by atoms with Gasteiger partial charge in [-0.2, -0.15) is 54.1 Å². The number of aryl methyl sites for hydroxylation is 2. The van der Waals surface area contributed by atoms with Gasteiger partial charge in [0.15, 0.2) is 0 Å². The molecule has 8 rings (SSSR count). The van der Waals surface area contributed by atoms with Gasteiger partial charge >= 0.3 is 6.03 Å². The molecule has 29 nitrogen and oxygen atoms in total. The van der Waals surface area contributed by atoms with E-state index >= 15 is 0 Å². The number of azo groups is 4. The van der Waals surface area contributed by atoms with Crippen molar-refractivity contribution in [1.29, 1.82) is 0 Å². The van der Waals surface area contributed by atoms with Gasteiger partial charge in [0.1, 0.15) is 67.0 Å². The fraction of sp³-hybridized carbons (Fsp3) is 0.151. The Morgan fingerprint density at radius 2 is 0.651 bits per heavy atom. The normalized spacial score (nSPS) is 12.4. The van der Waals surface area contributed by atoms with Crippen LogP contribution >= 0.6 is 0 Å². The molecule has 0 aliphatic heterocycles. The summed E-state index contributed by atoms with van der Waals surface area (Å²) in [6, 6.07) is 22.7. The molecular weight excluding hydrogens is 1210 g/mol. The van der Waals surface area contributed by atoms with Gasteiger partial charge in [-0.3, -0.25) is 18.2 Å². The highest BCUT2D eigenvalue weighted by Gasteiger charge is 2.24. The van der Waals surface area contributed by atoms with E-state index in [0.717, 1.165) is 12.1 Å². The van der Waals surface area contributed by atoms with E-state index in [4.69, 9.17) is 28.4 Å². The Morgan fingerprint density at radius 1 is 0.360 bits per heavy atom. The zero-order chi connectivity index (χ0) is 62.6. The molecule has 86 heavy (non-hydrogen) atoms. The lowest BCUT2D eigenvalue weighted by Gasteiger charge is -2.15. The minimum atomic E-state index is -4.96. The molecule has 2 amide bonds. The Kier molecular flexibility index (Phi) is 18.1. The van der Waals surface area contributed by atoms with Crippen molar-refractivity contribution < 1.29 is 85.1 Å². The van der Waals surface area contributed by atoms with Crippen LogP contribution in [-0.4, -0.2) is 101 Å². The average Bonchev–Trinajstić information content (AvgIpc) is 1.20.